The molecule has 0 aliphatic rings. The first-order valence-electron chi connectivity index (χ1n) is 3.15. The quantitative estimate of drug-likeness (QED) is 0.429. The van der Waals surface area contributed by atoms with E-state index in [0.717, 1.165) is 5.57 Å². The van der Waals surface area contributed by atoms with Crippen molar-refractivity contribution in [3.8, 4) is 0 Å². The Morgan fingerprint density at radius 1 is 1.30 bits per heavy atom. The van der Waals surface area contributed by atoms with Crippen LogP contribution in [-0.2, 0) is 4.79 Å². The van der Waals surface area contributed by atoms with Gasteiger partial charge in [-0.15, -0.1) is 0 Å². The zero-order valence-electron chi connectivity index (χ0n) is 6.42. The summed E-state index contributed by atoms with van der Waals surface area (Å²) in [6.07, 6.45) is 7.02. The van der Waals surface area contributed by atoms with E-state index in [9.17, 15) is 4.79 Å². The molecule has 0 amide bonds. The Balaban J connectivity index is 4.04. The molecule has 0 atom stereocenters. The smallest absolute Gasteiger partial charge is 0.155 e. The highest BCUT2D eigenvalue weighted by atomic mass is 16.1. The van der Waals surface area contributed by atoms with Gasteiger partial charge in [0.15, 0.2) is 5.78 Å². The highest BCUT2D eigenvalue weighted by Gasteiger charge is 1.90. The molecular weight excluding hydrogens is 124 g/mol. The molecule has 0 aromatic rings. The Morgan fingerprint density at radius 3 is 2.30 bits per heavy atom. The number of carbonyl (C=O) groups is 1. The standard InChI is InChI=1S/C9H12O/c1-4-5-6-7-8(2)9(3)10/h4-7H,1H2,2-3H3/b6-5-,8-7+. The van der Waals surface area contributed by atoms with Crippen LogP contribution in [-0.4, -0.2) is 5.78 Å². The minimum atomic E-state index is 0.105. The van der Waals surface area contributed by atoms with Crippen LogP contribution in [0.2, 0.25) is 0 Å². The molecule has 1 nitrogen and oxygen atoms in total. The van der Waals surface area contributed by atoms with E-state index < -0.39 is 0 Å². The van der Waals surface area contributed by atoms with Crippen molar-refractivity contribution in [2.24, 2.45) is 0 Å². The van der Waals surface area contributed by atoms with Gasteiger partial charge in [-0.25, -0.2) is 0 Å². The predicted molar refractivity (Wildman–Crippen MR) is 43.8 cm³/mol. The van der Waals surface area contributed by atoms with Crippen molar-refractivity contribution in [3.63, 3.8) is 0 Å². The molecule has 0 saturated heterocycles. The molecule has 0 fully saturated rings. The van der Waals surface area contributed by atoms with Gasteiger partial charge < -0.3 is 0 Å². The average Bonchev–Trinajstić information content (AvgIpc) is 1.88. The molecule has 0 aromatic carbocycles. The SMILES string of the molecule is C=C/C=C\C=C(/C)C(C)=O. The Labute approximate surface area is 61.8 Å². The Bertz CT molecular complexity index is 185. The van der Waals surface area contributed by atoms with E-state index in [0.29, 0.717) is 0 Å². The zero-order valence-corrected chi connectivity index (χ0v) is 6.42. The second kappa shape index (κ2) is 4.74. The fraction of sp³-hybridized carbons (Fsp3) is 0.222. The van der Waals surface area contributed by atoms with Crippen LogP contribution in [0.4, 0.5) is 0 Å². The fourth-order valence-corrected chi connectivity index (χ4v) is 0.396. The first kappa shape index (κ1) is 8.89. The molecule has 0 bridgehead atoms. The van der Waals surface area contributed by atoms with Crippen molar-refractivity contribution in [2.75, 3.05) is 0 Å². The van der Waals surface area contributed by atoms with Gasteiger partial charge in [0.2, 0.25) is 0 Å². The van der Waals surface area contributed by atoms with Crippen LogP contribution in [0.15, 0.2) is 36.5 Å². The van der Waals surface area contributed by atoms with Crippen molar-refractivity contribution in [1.82, 2.24) is 0 Å². The Morgan fingerprint density at radius 2 is 1.90 bits per heavy atom. The van der Waals surface area contributed by atoms with Gasteiger partial charge >= 0.3 is 0 Å². The zero-order chi connectivity index (χ0) is 7.98. The topological polar surface area (TPSA) is 17.1 Å². The first-order valence-corrected chi connectivity index (χ1v) is 3.15. The number of allylic oxidation sites excluding steroid dienone is 5. The summed E-state index contributed by atoms with van der Waals surface area (Å²) in [5.74, 6) is 0.105. The normalized spacial score (nSPS) is 12.0. The number of carbonyl (C=O) groups excluding carboxylic acids is 1. The van der Waals surface area contributed by atoms with Gasteiger partial charge in [-0.1, -0.05) is 30.9 Å². The van der Waals surface area contributed by atoms with Crippen molar-refractivity contribution < 1.29 is 4.79 Å². The summed E-state index contributed by atoms with van der Waals surface area (Å²) in [5.41, 5.74) is 0.762. The molecule has 0 heterocycles. The Kier molecular flexibility index (Phi) is 4.21. The molecule has 0 aliphatic carbocycles. The summed E-state index contributed by atoms with van der Waals surface area (Å²) >= 11 is 0. The van der Waals surface area contributed by atoms with E-state index in [1.165, 1.54) is 0 Å². The van der Waals surface area contributed by atoms with Crippen LogP contribution >= 0.6 is 0 Å². The summed E-state index contributed by atoms with van der Waals surface area (Å²) in [6, 6.07) is 0. The molecule has 54 valence electrons. The van der Waals surface area contributed by atoms with Gasteiger partial charge in [0, 0.05) is 0 Å². The average molecular weight is 136 g/mol. The summed E-state index contributed by atoms with van der Waals surface area (Å²) in [4.78, 5) is 10.6. The van der Waals surface area contributed by atoms with Crippen LogP contribution in [0.1, 0.15) is 13.8 Å². The number of Topliss-reactive ketones (excluding diaryl/α,β-unsaturated/α-hetero) is 1. The molecule has 0 aromatic heterocycles. The molecule has 0 rings (SSSR count). The first-order chi connectivity index (χ1) is 4.68. The molecule has 1 heteroatoms. The fourth-order valence-electron chi connectivity index (χ4n) is 0.396. The number of ketones is 1. The lowest BCUT2D eigenvalue weighted by molar-refractivity contribution is -0.113. The van der Waals surface area contributed by atoms with Crippen LogP contribution in [0.5, 0.6) is 0 Å². The van der Waals surface area contributed by atoms with E-state index in [4.69, 9.17) is 0 Å². The lowest BCUT2D eigenvalue weighted by Gasteiger charge is -1.87. The molecule has 0 saturated carbocycles. The van der Waals surface area contributed by atoms with Gasteiger partial charge in [0.1, 0.15) is 0 Å². The highest BCUT2D eigenvalue weighted by molar-refractivity contribution is 5.92. The number of hydrogen-bond donors (Lipinski definition) is 0. The van der Waals surface area contributed by atoms with E-state index in [-0.39, 0.29) is 5.78 Å². The van der Waals surface area contributed by atoms with Crippen molar-refractivity contribution in [1.29, 1.82) is 0 Å². The maximum Gasteiger partial charge on any atom is 0.155 e. The van der Waals surface area contributed by atoms with Gasteiger partial charge in [-0.05, 0) is 19.4 Å². The van der Waals surface area contributed by atoms with E-state index in [1.54, 1.807) is 38.2 Å². The number of rotatable bonds is 3. The third-order valence-electron chi connectivity index (χ3n) is 1.15. The van der Waals surface area contributed by atoms with E-state index in [1.807, 2.05) is 0 Å². The van der Waals surface area contributed by atoms with Crippen LogP contribution in [0.3, 0.4) is 0 Å². The third kappa shape index (κ3) is 3.84. The predicted octanol–water partition coefficient (Wildman–Crippen LogP) is 2.26. The largest absolute Gasteiger partial charge is 0.295 e. The minimum Gasteiger partial charge on any atom is -0.295 e. The van der Waals surface area contributed by atoms with E-state index >= 15 is 0 Å². The minimum absolute atomic E-state index is 0.105. The van der Waals surface area contributed by atoms with Crippen LogP contribution < -0.4 is 0 Å². The van der Waals surface area contributed by atoms with Gasteiger partial charge in [-0.2, -0.15) is 0 Å². The second-order valence-electron chi connectivity index (χ2n) is 2.03. The maximum absolute atomic E-state index is 10.6. The molecule has 0 spiro atoms. The third-order valence-corrected chi connectivity index (χ3v) is 1.15. The molecule has 0 unspecified atom stereocenters. The summed E-state index contributed by atoms with van der Waals surface area (Å²) in [5, 5.41) is 0. The summed E-state index contributed by atoms with van der Waals surface area (Å²) in [7, 11) is 0. The number of hydrogen-bond acceptors (Lipinski definition) is 1. The van der Waals surface area contributed by atoms with Crippen molar-refractivity contribution in [3.05, 3.63) is 36.5 Å². The van der Waals surface area contributed by atoms with Gasteiger partial charge in [0.25, 0.3) is 0 Å². The Hall–Kier alpha value is -1.11. The molecule has 0 aliphatic heterocycles. The van der Waals surface area contributed by atoms with Crippen molar-refractivity contribution in [2.45, 2.75) is 13.8 Å². The molecule has 0 radical (unpaired) electrons. The van der Waals surface area contributed by atoms with Gasteiger partial charge in [-0.3, -0.25) is 4.79 Å². The molecule has 10 heavy (non-hydrogen) atoms. The van der Waals surface area contributed by atoms with E-state index in [2.05, 4.69) is 6.58 Å². The van der Waals surface area contributed by atoms with Gasteiger partial charge in [0.05, 0.1) is 0 Å². The summed E-state index contributed by atoms with van der Waals surface area (Å²) in [6.45, 7) is 6.84. The van der Waals surface area contributed by atoms with Crippen molar-refractivity contribution >= 4 is 5.78 Å². The lowest BCUT2D eigenvalue weighted by Crippen LogP contribution is -1.89. The maximum atomic E-state index is 10.6. The summed E-state index contributed by atoms with van der Waals surface area (Å²) < 4.78 is 0. The monoisotopic (exact) mass is 136 g/mol. The molecule has 0 N–H and O–H groups in total. The highest BCUT2D eigenvalue weighted by Crippen LogP contribution is 1.93. The van der Waals surface area contributed by atoms with Crippen LogP contribution in [0.25, 0.3) is 0 Å². The van der Waals surface area contributed by atoms with Crippen LogP contribution in [0, 0.1) is 0 Å². The molecular formula is C9H12O. The lowest BCUT2D eigenvalue weighted by atomic mass is 10.2. The second-order valence-corrected chi connectivity index (χ2v) is 2.03.